The number of ether oxygens (including phenoxy) is 1. The summed E-state index contributed by atoms with van der Waals surface area (Å²) in [7, 11) is -3.95. The fourth-order valence-corrected chi connectivity index (χ4v) is 5.18. The molecular weight excluding hydrogens is 470 g/mol. The van der Waals surface area contributed by atoms with Gasteiger partial charge in [-0.1, -0.05) is 35.9 Å². The standard InChI is InChI=1S/C25H25N3O4S2/c1-19-7-13-24(14-8-19)34(30,31)28(21-5-3-2-4-6-21)16-25(29)27-26-15-20-9-11-22(12-10-20)32-23-17-33-18-23/h2-15,23H,16-18H2,1H3,(H,27,29). The largest absolute Gasteiger partial charge is 0.489 e. The zero-order chi connectivity index (χ0) is 24.0. The quantitative estimate of drug-likeness (QED) is 0.360. The maximum Gasteiger partial charge on any atom is 0.264 e. The predicted octanol–water partition coefficient (Wildman–Crippen LogP) is 3.83. The average Bonchev–Trinajstić information content (AvgIpc) is 2.81. The van der Waals surface area contributed by atoms with Crippen LogP contribution in [0.2, 0.25) is 0 Å². The van der Waals surface area contributed by atoms with Crippen molar-refractivity contribution in [3.8, 4) is 5.75 Å². The van der Waals surface area contributed by atoms with Gasteiger partial charge in [-0.25, -0.2) is 13.8 Å². The summed E-state index contributed by atoms with van der Waals surface area (Å²) in [5.41, 5.74) is 4.53. The molecule has 0 aromatic heterocycles. The van der Waals surface area contributed by atoms with Crippen LogP contribution in [0, 0.1) is 6.92 Å². The summed E-state index contributed by atoms with van der Waals surface area (Å²) < 4.78 is 33.5. The molecule has 0 atom stereocenters. The van der Waals surface area contributed by atoms with Gasteiger partial charge in [-0.2, -0.15) is 16.9 Å². The number of carbonyl (C=O) groups excluding carboxylic acids is 1. The molecule has 34 heavy (non-hydrogen) atoms. The molecule has 3 aromatic rings. The maximum absolute atomic E-state index is 13.3. The molecule has 1 heterocycles. The van der Waals surface area contributed by atoms with E-state index in [1.54, 1.807) is 42.5 Å². The van der Waals surface area contributed by atoms with Crippen molar-refractivity contribution >= 4 is 39.6 Å². The Balaban J connectivity index is 1.43. The number of nitrogens with one attached hydrogen (secondary N) is 1. The summed E-state index contributed by atoms with van der Waals surface area (Å²) in [5.74, 6) is 2.26. The lowest BCUT2D eigenvalue weighted by atomic mass is 10.2. The topological polar surface area (TPSA) is 88.1 Å². The number of amides is 1. The summed E-state index contributed by atoms with van der Waals surface area (Å²) in [4.78, 5) is 12.7. The van der Waals surface area contributed by atoms with Crippen LogP contribution in [-0.2, 0) is 14.8 Å². The molecule has 1 aliphatic rings. The minimum absolute atomic E-state index is 0.112. The summed E-state index contributed by atoms with van der Waals surface area (Å²) in [6.45, 7) is 1.47. The molecule has 1 saturated heterocycles. The second-order valence-corrected chi connectivity index (χ2v) is 10.7. The molecule has 0 aliphatic carbocycles. The van der Waals surface area contributed by atoms with Crippen molar-refractivity contribution < 1.29 is 17.9 Å². The summed E-state index contributed by atoms with van der Waals surface area (Å²) in [6, 6.07) is 22.4. The fourth-order valence-electron chi connectivity index (χ4n) is 3.20. The van der Waals surface area contributed by atoms with Crippen LogP contribution in [0.4, 0.5) is 5.69 Å². The number of benzene rings is 3. The first-order valence-corrected chi connectivity index (χ1v) is 13.3. The first kappa shape index (κ1) is 23.8. The van der Waals surface area contributed by atoms with Gasteiger partial charge < -0.3 is 4.74 Å². The van der Waals surface area contributed by atoms with Crippen molar-refractivity contribution in [2.45, 2.75) is 17.9 Å². The van der Waals surface area contributed by atoms with E-state index in [0.717, 1.165) is 32.7 Å². The highest BCUT2D eigenvalue weighted by Crippen LogP contribution is 2.24. The molecule has 3 aromatic carbocycles. The Morgan fingerprint density at radius 3 is 2.35 bits per heavy atom. The Labute approximate surface area is 203 Å². The van der Waals surface area contributed by atoms with Crippen LogP contribution in [0.25, 0.3) is 0 Å². The van der Waals surface area contributed by atoms with E-state index >= 15 is 0 Å². The van der Waals surface area contributed by atoms with Crippen LogP contribution in [-0.4, -0.2) is 44.7 Å². The van der Waals surface area contributed by atoms with Crippen molar-refractivity contribution in [3.05, 3.63) is 90.0 Å². The Kier molecular flexibility index (Phi) is 7.54. The molecule has 0 radical (unpaired) electrons. The molecule has 9 heteroatoms. The number of para-hydroxylation sites is 1. The molecule has 0 bridgehead atoms. The number of aryl methyl sites for hydroxylation is 1. The van der Waals surface area contributed by atoms with Crippen molar-refractivity contribution in [2.75, 3.05) is 22.4 Å². The zero-order valence-corrected chi connectivity index (χ0v) is 20.3. The Morgan fingerprint density at radius 2 is 1.74 bits per heavy atom. The number of carbonyl (C=O) groups is 1. The van der Waals surface area contributed by atoms with Gasteiger partial charge in [-0.15, -0.1) is 0 Å². The third kappa shape index (κ3) is 5.98. The van der Waals surface area contributed by atoms with Crippen LogP contribution >= 0.6 is 11.8 Å². The number of rotatable bonds is 9. The molecule has 1 aliphatic heterocycles. The molecule has 176 valence electrons. The lowest BCUT2D eigenvalue weighted by molar-refractivity contribution is -0.119. The molecular formula is C25H25N3O4S2. The molecule has 4 rings (SSSR count). The molecule has 1 amide bonds. The molecule has 0 spiro atoms. The highest BCUT2D eigenvalue weighted by atomic mass is 32.2. The van der Waals surface area contributed by atoms with E-state index in [0.29, 0.717) is 5.69 Å². The number of sulfonamides is 1. The van der Waals surface area contributed by atoms with E-state index < -0.39 is 22.5 Å². The number of thioether (sulfide) groups is 1. The van der Waals surface area contributed by atoms with Gasteiger partial charge in [0.2, 0.25) is 0 Å². The molecule has 1 N–H and O–H groups in total. The van der Waals surface area contributed by atoms with Crippen molar-refractivity contribution in [2.24, 2.45) is 5.10 Å². The van der Waals surface area contributed by atoms with Gasteiger partial charge in [-0.05, 0) is 61.0 Å². The Hall–Kier alpha value is -3.30. The molecule has 0 saturated carbocycles. The van der Waals surface area contributed by atoms with Crippen LogP contribution in [0.15, 0.2) is 88.9 Å². The second-order valence-electron chi connectivity index (χ2n) is 7.80. The van der Waals surface area contributed by atoms with E-state index in [1.807, 2.05) is 43.0 Å². The molecule has 0 unspecified atom stereocenters. The van der Waals surface area contributed by atoms with E-state index in [2.05, 4.69) is 10.5 Å². The summed E-state index contributed by atoms with van der Waals surface area (Å²) in [5, 5.41) is 3.98. The van der Waals surface area contributed by atoms with Gasteiger partial charge >= 0.3 is 0 Å². The van der Waals surface area contributed by atoms with Crippen LogP contribution in [0.3, 0.4) is 0 Å². The Morgan fingerprint density at radius 1 is 1.06 bits per heavy atom. The summed E-state index contributed by atoms with van der Waals surface area (Å²) in [6.07, 6.45) is 1.77. The second kappa shape index (κ2) is 10.8. The van der Waals surface area contributed by atoms with Crippen LogP contribution in [0.1, 0.15) is 11.1 Å². The predicted molar refractivity (Wildman–Crippen MR) is 136 cm³/mol. The van der Waals surface area contributed by atoms with Crippen LogP contribution < -0.4 is 14.5 Å². The van der Waals surface area contributed by atoms with Crippen molar-refractivity contribution in [3.63, 3.8) is 0 Å². The normalized spacial score (nSPS) is 13.9. The number of nitrogens with zero attached hydrogens (tertiary/aromatic N) is 2. The van der Waals surface area contributed by atoms with Crippen LogP contribution in [0.5, 0.6) is 5.75 Å². The van der Waals surface area contributed by atoms with Crippen molar-refractivity contribution in [1.82, 2.24) is 5.43 Å². The summed E-state index contributed by atoms with van der Waals surface area (Å²) >= 11 is 1.86. The number of hydrazone groups is 1. The smallest absolute Gasteiger partial charge is 0.264 e. The fraction of sp³-hybridized carbons (Fsp3) is 0.200. The van der Waals surface area contributed by atoms with Crippen molar-refractivity contribution in [1.29, 1.82) is 0 Å². The van der Waals surface area contributed by atoms with Gasteiger partial charge in [0, 0.05) is 11.5 Å². The maximum atomic E-state index is 13.3. The highest BCUT2D eigenvalue weighted by molar-refractivity contribution is 8.00. The van der Waals surface area contributed by atoms with E-state index in [9.17, 15) is 13.2 Å². The van der Waals surface area contributed by atoms with Gasteiger partial charge in [0.05, 0.1) is 16.8 Å². The average molecular weight is 496 g/mol. The van der Waals surface area contributed by atoms with E-state index in [4.69, 9.17) is 4.74 Å². The third-order valence-electron chi connectivity index (χ3n) is 5.13. The van der Waals surface area contributed by atoms with E-state index in [-0.39, 0.29) is 11.0 Å². The monoisotopic (exact) mass is 495 g/mol. The third-order valence-corrected chi connectivity index (χ3v) is 8.14. The molecule has 7 nitrogen and oxygen atoms in total. The van der Waals surface area contributed by atoms with E-state index in [1.165, 1.54) is 18.3 Å². The molecule has 1 fully saturated rings. The SMILES string of the molecule is Cc1ccc(S(=O)(=O)N(CC(=O)NN=Cc2ccc(OC3CSC3)cc2)c2ccccc2)cc1. The minimum Gasteiger partial charge on any atom is -0.489 e. The van der Waals surface area contributed by atoms with Gasteiger partial charge in [0.1, 0.15) is 18.4 Å². The minimum atomic E-state index is -3.95. The number of anilines is 1. The number of hydrogen-bond acceptors (Lipinski definition) is 6. The first-order chi connectivity index (χ1) is 16.4. The van der Waals surface area contributed by atoms with Gasteiger partial charge in [0.25, 0.3) is 15.9 Å². The lowest BCUT2D eigenvalue weighted by Gasteiger charge is -2.25. The first-order valence-electron chi connectivity index (χ1n) is 10.7. The Bertz CT molecular complexity index is 1240. The number of hydrogen-bond donors (Lipinski definition) is 1. The lowest BCUT2D eigenvalue weighted by Crippen LogP contribution is -2.39. The zero-order valence-electron chi connectivity index (χ0n) is 18.6. The van der Waals surface area contributed by atoms with Gasteiger partial charge in [0.15, 0.2) is 0 Å². The highest BCUT2D eigenvalue weighted by Gasteiger charge is 2.27. The van der Waals surface area contributed by atoms with Gasteiger partial charge in [-0.3, -0.25) is 9.10 Å².